The van der Waals surface area contributed by atoms with Crippen LogP contribution < -0.4 is 24.4 Å². The number of anilines is 1. The Labute approximate surface area is 176 Å². The number of amides is 2. The molecule has 30 heavy (non-hydrogen) atoms. The van der Waals surface area contributed by atoms with Gasteiger partial charge in [-0.05, 0) is 29.2 Å². The van der Waals surface area contributed by atoms with Crippen molar-refractivity contribution in [2.45, 2.75) is 32.7 Å². The van der Waals surface area contributed by atoms with Gasteiger partial charge < -0.3 is 19.5 Å². The first-order chi connectivity index (χ1) is 14.2. The Bertz CT molecular complexity index is 949. The first-order valence-electron chi connectivity index (χ1n) is 9.79. The van der Waals surface area contributed by atoms with Crippen LogP contribution in [0.4, 0.5) is 5.69 Å². The quantitative estimate of drug-likeness (QED) is 0.789. The van der Waals surface area contributed by atoms with Crippen LogP contribution in [0.3, 0.4) is 0 Å². The Hall–Kier alpha value is -3.22. The highest BCUT2D eigenvalue weighted by Crippen LogP contribution is 2.36. The summed E-state index contributed by atoms with van der Waals surface area (Å²) in [6.45, 7) is 6.42. The van der Waals surface area contributed by atoms with Crippen molar-refractivity contribution in [1.82, 2.24) is 5.32 Å². The molecule has 1 aliphatic rings. The van der Waals surface area contributed by atoms with Gasteiger partial charge in [-0.25, -0.2) is 0 Å². The molecule has 7 nitrogen and oxygen atoms in total. The van der Waals surface area contributed by atoms with Crippen LogP contribution in [0.25, 0.3) is 0 Å². The summed E-state index contributed by atoms with van der Waals surface area (Å²) < 4.78 is 16.3. The smallest absolute Gasteiger partial charge is 0.265 e. The van der Waals surface area contributed by atoms with Crippen molar-refractivity contribution in [3.8, 4) is 17.2 Å². The lowest BCUT2D eigenvalue weighted by Gasteiger charge is -2.30. The fourth-order valence-electron chi connectivity index (χ4n) is 3.33. The first-order valence-corrected chi connectivity index (χ1v) is 9.79. The monoisotopic (exact) mass is 412 g/mol. The van der Waals surface area contributed by atoms with Crippen molar-refractivity contribution in [2.75, 3.05) is 32.3 Å². The zero-order chi connectivity index (χ0) is 21.9. The van der Waals surface area contributed by atoms with Gasteiger partial charge in [0.1, 0.15) is 12.3 Å². The van der Waals surface area contributed by atoms with Crippen molar-refractivity contribution < 1.29 is 23.8 Å². The molecule has 0 atom stereocenters. The topological polar surface area (TPSA) is 77.1 Å². The minimum absolute atomic E-state index is 0.0438. The van der Waals surface area contributed by atoms with Gasteiger partial charge in [-0.1, -0.05) is 39.0 Å². The summed E-state index contributed by atoms with van der Waals surface area (Å²) in [7, 11) is 3.12. The fraction of sp³-hybridized carbons (Fsp3) is 0.391. The average molecular weight is 412 g/mol. The average Bonchev–Trinajstić information content (AvgIpc) is 2.72. The number of fused-ring (bicyclic) bond motifs is 1. The molecular formula is C23H28N2O5. The van der Waals surface area contributed by atoms with E-state index in [-0.39, 0.29) is 36.9 Å². The van der Waals surface area contributed by atoms with Gasteiger partial charge in [0.25, 0.3) is 5.91 Å². The Morgan fingerprint density at radius 1 is 1.17 bits per heavy atom. The van der Waals surface area contributed by atoms with Gasteiger partial charge in [-0.3, -0.25) is 14.5 Å². The molecule has 2 aromatic rings. The normalized spacial score (nSPS) is 13.4. The summed E-state index contributed by atoms with van der Waals surface area (Å²) in [5.74, 6) is 1.25. The third-order valence-electron chi connectivity index (χ3n) is 5.03. The lowest BCUT2D eigenvalue weighted by Crippen LogP contribution is -2.45. The van der Waals surface area contributed by atoms with E-state index >= 15 is 0 Å². The van der Waals surface area contributed by atoms with Crippen LogP contribution in [0.15, 0.2) is 36.4 Å². The van der Waals surface area contributed by atoms with Gasteiger partial charge in [0, 0.05) is 12.1 Å². The van der Waals surface area contributed by atoms with Gasteiger partial charge in [0.05, 0.1) is 19.9 Å². The van der Waals surface area contributed by atoms with Gasteiger partial charge in [0.15, 0.2) is 18.1 Å². The highest BCUT2D eigenvalue weighted by Gasteiger charge is 2.28. The fourth-order valence-corrected chi connectivity index (χ4v) is 3.33. The molecule has 0 bridgehead atoms. The second kappa shape index (κ2) is 8.65. The largest absolute Gasteiger partial charge is 0.493 e. The Balaban J connectivity index is 1.73. The highest BCUT2D eigenvalue weighted by molar-refractivity contribution is 6.02. The Morgan fingerprint density at radius 3 is 2.60 bits per heavy atom. The third-order valence-corrected chi connectivity index (χ3v) is 5.03. The molecule has 1 aliphatic heterocycles. The molecule has 0 saturated carbocycles. The summed E-state index contributed by atoms with van der Waals surface area (Å²) in [4.78, 5) is 26.5. The van der Waals surface area contributed by atoms with E-state index in [1.54, 1.807) is 20.3 Å². The number of hydrogen-bond acceptors (Lipinski definition) is 5. The summed E-state index contributed by atoms with van der Waals surface area (Å²) in [6.07, 6.45) is 0. The number of para-hydroxylation sites is 1. The molecule has 0 aliphatic carbocycles. The molecule has 0 aromatic heterocycles. The van der Waals surface area contributed by atoms with Crippen molar-refractivity contribution in [1.29, 1.82) is 0 Å². The molecule has 0 spiro atoms. The number of benzene rings is 2. The van der Waals surface area contributed by atoms with Gasteiger partial charge in [0.2, 0.25) is 5.91 Å². The molecule has 3 rings (SSSR count). The first kappa shape index (κ1) is 21.5. The van der Waals surface area contributed by atoms with Crippen LogP contribution >= 0.6 is 0 Å². The van der Waals surface area contributed by atoms with Crippen molar-refractivity contribution in [3.05, 3.63) is 47.5 Å². The van der Waals surface area contributed by atoms with E-state index in [0.29, 0.717) is 22.9 Å². The summed E-state index contributed by atoms with van der Waals surface area (Å²) >= 11 is 0. The van der Waals surface area contributed by atoms with E-state index in [1.165, 1.54) is 4.90 Å². The Kier molecular flexibility index (Phi) is 6.20. The highest BCUT2D eigenvalue weighted by atomic mass is 16.5. The summed E-state index contributed by atoms with van der Waals surface area (Å²) in [6, 6.07) is 11.2. The van der Waals surface area contributed by atoms with E-state index in [2.05, 4.69) is 26.1 Å². The van der Waals surface area contributed by atoms with E-state index in [1.807, 2.05) is 30.3 Å². The van der Waals surface area contributed by atoms with Crippen LogP contribution in [0.1, 0.15) is 31.9 Å². The second-order valence-electron chi connectivity index (χ2n) is 8.13. The molecule has 0 fully saturated rings. The minimum atomic E-state index is -0.277. The van der Waals surface area contributed by atoms with Gasteiger partial charge in [-0.15, -0.1) is 0 Å². The summed E-state index contributed by atoms with van der Waals surface area (Å²) in [5.41, 5.74) is 2.45. The van der Waals surface area contributed by atoms with E-state index in [0.717, 1.165) is 11.1 Å². The van der Waals surface area contributed by atoms with Gasteiger partial charge >= 0.3 is 0 Å². The van der Waals surface area contributed by atoms with Crippen LogP contribution in [0.2, 0.25) is 0 Å². The van der Waals surface area contributed by atoms with Crippen molar-refractivity contribution in [2.24, 2.45) is 0 Å². The molecule has 0 radical (unpaired) electrons. The molecular weight excluding hydrogens is 384 g/mol. The number of ether oxygens (including phenoxy) is 3. The van der Waals surface area contributed by atoms with E-state index < -0.39 is 0 Å². The predicted octanol–water partition coefficient (Wildman–Crippen LogP) is 3.04. The molecule has 2 aromatic carbocycles. The molecule has 0 unspecified atom stereocenters. The van der Waals surface area contributed by atoms with E-state index in [4.69, 9.17) is 14.2 Å². The molecule has 1 heterocycles. The van der Waals surface area contributed by atoms with Crippen LogP contribution in [0, 0.1) is 0 Å². The maximum atomic E-state index is 12.6. The SMILES string of the molecule is COc1cccc(CNC(=O)CN2C(=O)COc3cc(C(C)(C)C)ccc32)c1OC. The second-order valence-corrected chi connectivity index (χ2v) is 8.13. The van der Waals surface area contributed by atoms with Crippen LogP contribution in [-0.2, 0) is 21.5 Å². The van der Waals surface area contributed by atoms with Crippen LogP contribution in [-0.4, -0.2) is 39.2 Å². The van der Waals surface area contributed by atoms with Crippen molar-refractivity contribution in [3.63, 3.8) is 0 Å². The van der Waals surface area contributed by atoms with Crippen LogP contribution in [0.5, 0.6) is 17.2 Å². The van der Waals surface area contributed by atoms with Gasteiger partial charge in [-0.2, -0.15) is 0 Å². The number of hydrogen-bond donors (Lipinski definition) is 1. The number of methoxy groups -OCH3 is 2. The lowest BCUT2D eigenvalue weighted by atomic mass is 9.86. The molecule has 160 valence electrons. The number of carbonyl (C=O) groups excluding carboxylic acids is 2. The minimum Gasteiger partial charge on any atom is -0.493 e. The maximum absolute atomic E-state index is 12.6. The number of rotatable bonds is 6. The number of nitrogens with one attached hydrogen (secondary N) is 1. The maximum Gasteiger partial charge on any atom is 0.265 e. The third kappa shape index (κ3) is 4.50. The standard InChI is InChI=1S/C23H28N2O5/c1-23(2,3)16-9-10-17-19(11-16)30-14-21(27)25(17)13-20(26)24-12-15-7-6-8-18(28-4)22(15)29-5/h6-11H,12-14H2,1-5H3,(H,24,26). The summed E-state index contributed by atoms with van der Waals surface area (Å²) in [5, 5.41) is 2.85. The lowest BCUT2D eigenvalue weighted by molar-refractivity contribution is -0.125. The number of nitrogens with zero attached hydrogens (tertiary/aromatic N) is 1. The van der Waals surface area contributed by atoms with E-state index in [9.17, 15) is 9.59 Å². The Morgan fingerprint density at radius 2 is 1.93 bits per heavy atom. The number of carbonyl (C=O) groups is 2. The zero-order valence-electron chi connectivity index (χ0n) is 18.1. The molecule has 2 amide bonds. The zero-order valence-corrected chi connectivity index (χ0v) is 18.1. The predicted molar refractivity (Wildman–Crippen MR) is 114 cm³/mol. The molecule has 1 N–H and O–H groups in total. The molecule has 0 saturated heterocycles. The van der Waals surface area contributed by atoms with Crippen molar-refractivity contribution >= 4 is 17.5 Å². The molecule has 7 heteroatoms.